The molecule has 1 aromatic rings. The highest BCUT2D eigenvalue weighted by molar-refractivity contribution is 14.1. The zero-order chi connectivity index (χ0) is 35.9. The number of esters is 1. The fourth-order valence-electron chi connectivity index (χ4n) is 4.67. The molecule has 0 spiro atoms. The number of carboxylic acids is 1. The molecule has 15 nitrogen and oxygen atoms in total. The van der Waals surface area contributed by atoms with E-state index >= 15 is 0 Å². The van der Waals surface area contributed by atoms with Crippen molar-refractivity contribution in [3.05, 3.63) is 29.3 Å². The van der Waals surface area contributed by atoms with Crippen LogP contribution in [0.2, 0.25) is 0 Å². The summed E-state index contributed by atoms with van der Waals surface area (Å²) in [4.78, 5) is 46.2. The Kier molecular flexibility index (Phi) is 22.0. The molecule has 2 amide bonds. The third-order valence-corrected chi connectivity index (χ3v) is 8.02. The van der Waals surface area contributed by atoms with Crippen molar-refractivity contribution >= 4 is 46.3 Å². The first-order valence-electron chi connectivity index (χ1n) is 16.7. The summed E-state index contributed by atoms with van der Waals surface area (Å²) in [7, 11) is 0. The second-order valence-corrected chi connectivity index (χ2v) is 12.0. The number of hydrogen-bond donors (Lipinski definition) is 5. The van der Waals surface area contributed by atoms with E-state index in [0.717, 1.165) is 31.2 Å². The number of carbonyl (C=O) groups is 4. The largest absolute Gasteiger partial charge is 0.479 e. The lowest BCUT2D eigenvalue weighted by atomic mass is 10.0. The van der Waals surface area contributed by atoms with Crippen molar-refractivity contribution in [1.29, 1.82) is 0 Å². The van der Waals surface area contributed by atoms with E-state index < -0.39 is 36.5 Å². The number of carbonyl (C=O) groups excluding carboxylic acids is 3. The summed E-state index contributed by atoms with van der Waals surface area (Å²) in [5.41, 5.74) is 1.50. The summed E-state index contributed by atoms with van der Waals surface area (Å²) in [6.07, 6.45) is -1.26. The maximum absolute atomic E-state index is 11.9. The number of carboxylic acid groups (broad SMARTS) is 1. The van der Waals surface area contributed by atoms with Crippen LogP contribution in [0.1, 0.15) is 63.0 Å². The van der Waals surface area contributed by atoms with Crippen molar-refractivity contribution in [3.8, 4) is 5.75 Å². The molecule has 1 saturated heterocycles. The number of alkyl halides is 1. The molecule has 1 aliphatic rings. The monoisotopic (exact) mass is 810 g/mol. The first-order chi connectivity index (χ1) is 23.6. The summed E-state index contributed by atoms with van der Waals surface area (Å²) >= 11 is 2.02. The minimum atomic E-state index is -1.64. The Balaban J connectivity index is 1.57. The lowest BCUT2D eigenvalue weighted by Gasteiger charge is -2.35. The summed E-state index contributed by atoms with van der Waals surface area (Å²) in [5.74, 6) is -1.48. The van der Waals surface area contributed by atoms with E-state index in [-0.39, 0.29) is 31.3 Å². The van der Waals surface area contributed by atoms with E-state index in [1.165, 1.54) is 0 Å². The first kappa shape index (κ1) is 42.6. The van der Waals surface area contributed by atoms with Gasteiger partial charge in [0.05, 0.1) is 43.6 Å². The van der Waals surface area contributed by atoms with Crippen molar-refractivity contribution in [1.82, 2.24) is 10.6 Å². The van der Waals surface area contributed by atoms with Crippen LogP contribution in [0.3, 0.4) is 0 Å². The van der Waals surface area contributed by atoms with Gasteiger partial charge >= 0.3 is 11.9 Å². The van der Waals surface area contributed by atoms with Crippen molar-refractivity contribution in [2.45, 2.75) is 89.5 Å². The summed E-state index contributed by atoms with van der Waals surface area (Å²) in [6, 6.07) is 5.33. The third kappa shape index (κ3) is 18.3. The highest BCUT2D eigenvalue weighted by atomic mass is 127. The van der Waals surface area contributed by atoms with Crippen LogP contribution in [0.5, 0.6) is 5.75 Å². The minimum absolute atomic E-state index is 0.0111. The van der Waals surface area contributed by atoms with E-state index in [1.807, 2.05) is 34.7 Å². The third-order valence-electron chi connectivity index (χ3n) is 7.33. The standard InChI is InChI=1S/C33H51IN2O13/c1-2-29(40)47-22-24-19-23(9-10-26(24)48-30-20-25(37)31(41)32(49-30)33(42)43)7-6-13-44-15-17-46-18-16-45-14-12-36-27(38)8-4-3-5-11-35-28(39)21-34/h9-10,19,25,30-32,37,41H,2-8,11-18,20-22H2,1H3,(H,35,39)(H,36,38)(H,42,43)/t25-,30?,31+,32+/m1/s1. The Hall–Kier alpha value is -2.61. The van der Waals surface area contributed by atoms with Crippen molar-refractivity contribution < 1.29 is 62.9 Å². The zero-order valence-electron chi connectivity index (χ0n) is 28.1. The number of aliphatic carboxylic acids is 1. The number of nitrogens with one attached hydrogen (secondary N) is 2. The number of benzene rings is 1. The van der Waals surface area contributed by atoms with Gasteiger partial charge in [-0.15, -0.1) is 0 Å². The molecule has 16 heteroatoms. The van der Waals surface area contributed by atoms with Crippen LogP contribution in [0.15, 0.2) is 18.2 Å². The predicted molar refractivity (Wildman–Crippen MR) is 184 cm³/mol. The molecule has 1 unspecified atom stereocenters. The Bertz CT molecular complexity index is 1140. The lowest BCUT2D eigenvalue weighted by Crippen LogP contribution is -2.53. The van der Waals surface area contributed by atoms with Crippen LogP contribution >= 0.6 is 22.6 Å². The number of aryl methyl sites for hydroxylation is 1. The topological polar surface area (TPSA) is 208 Å². The fourth-order valence-corrected chi connectivity index (χ4v) is 4.94. The van der Waals surface area contributed by atoms with Crippen LogP contribution in [-0.2, 0) is 55.9 Å². The highest BCUT2D eigenvalue weighted by Gasteiger charge is 2.42. The Morgan fingerprint density at radius 1 is 0.898 bits per heavy atom. The number of hydrogen-bond acceptors (Lipinski definition) is 12. The first-order valence-corrected chi connectivity index (χ1v) is 18.2. The number of unbranched alkanes of at least 4 members (excludes halogenated alkanes) is 2. The molecule has 1 aromatic carbocycles. The van der Waals surface area contributed by atoms with Gasteiger partial charge in [-0.05, 0) is 43.4 Å². The van der Waals surface area contributed by atoms with Crippen molar-refractivity contribution in [3.63, 3.8) is 0 Å². The maximum Gasteiger partial charge on any atom is 0.335 e. The van der Waals surface area contributed by atoms with Gasteiger partial charge in [-0.3, -0.25) is 14.4 Å². The molecule has 5 N–H and O–H groups in total. The van der Waals surface area contributed by atoms with Crippen LogP contribution in [0.25, 0.3) is 0 Å². The average Bonchev–Trinajstić information content (AvgIpc) is 3.09. The predicted octanol–water partition coefficient (Wildman–Crippen LogP) is 1.65. The molecule has 0 bridgehead atoms. The highest BCUT2D eigenvalue weighted by Crippen LogP contribution is 2.28. The maximum atomic E-state index is 11.9. The normalized spacial score (nSPS) is 18.9. The van der Waals surface area contributed by atoms with Gasteiger partial charge in [-0.2, -0.15) is 0 Å². The van der Waals surface area contributed by atoms with Gasteiger partial charge in [0.25, 0.3) is 0 Å². The summed E-state index contributed by atoms with van der Waals surface area (Å²) in [6.45, 7) is 5.25. The van der Waals surface area contributed by atoms with Crippen molar-refractivity contribution in [2.24, 2.45) is 0 Å². The SMILES string of the molecule is CCC(=O)OCc1cc(CCCOCCOCCOCCNC(=O)CCCCCNC(=O)CI)ccc1OC1C[C@@H](O)[C@H](O)[C@@H](C(=O)O)O1. The molecule has 2 rings (SSSR count). The van der Waals surface area contributed by atoms with Gasteiger partial charge < -0.3 is 54.4 Å². The van der Waals surface area contributed by atoms with Gasteiger partial charge in [-0.25, -0.2) is 4.79 Å². The van der Waals surface area contributed by atoms with Crippen LogP contribution in [0.4, 0.5) is 0 Å². The van der Waals surface area contributed by atoms with E-state index in [1.54, 1.807) is 13.0 Å². The van der Waals surface area contributed by atoms with E-state index in [4.69, 9.17) is 28.4 Å². The number of halogens is 1. The van der Waals surface area contributed by atoms with Crippen LogP contribution in [0, 0.1) is 0 Å². The molecule has 278 valence electrons. The molecular weight excluding hydrogens is 759 g/mol. The molecule has 0 saturated carbocycles. The van der Waals surface area contributed by atoms with Gasteiger partial charge in [0.2, 0.25) is 18.1 Å². The second-order valence-electron chi connectivity index (χ2n) is 11.3. The number of rotatable bonds is 26. The quantitative estimate of drug-likeness (QED) is 0.0391. The molecule has 0 aromatic heterocycles. The molecule has 1 aliphatic heterocycles. The van der Waals surface area contributed by atoms with E-state index in [2.05, 4.69) is 10.6 Å². The van der Waals surface area contributed by atoms with Crippen molar-refractivity contribution in [2.75, 3.05) is 57.2 Å². The number of aliphatic hydroxyl groups is 2. The Labute approximate surface area is 300 Å². The smallest absolute Gasteiger partial charge is 0.335 e. The molecule has 4 atom stereocenters. The summed E-state index contributed by atoms with van der Waals surface area (Å²) < 4.78 is 33.6. The minimum Gasteiger partial charge on any atom is -0.479 e. The molecule has 1 fully saturated rings. The molecule has 49 heavy (non-hydrogen) atoms. The average molecular weight is 811 g/mol. The second kappa shape index (κ2) is 25.4. The van der Waals surface area contributed by atoms with Gasteiger partial charge in [-0.1, -0.05) is 42.0 Å². The lowest BCUT2D eigenvalue weighted by molar-refractivity contribution is -0.228. The molecular formula is C33H51IN2O13. The van der Waals surface area contributed by atoms with Crippen LogP contribution in [-0.4, -0.2) is 121 Å². The van der Waals surface area contributed by atoms with Gasteiger partial charge in [0.1, 0.15) is 18.5 Å². The van der Waals surface area contributed by atoms with Gasteiger partial charge in [0, 0.05) is 44.5 Å². The Morgan fingerprint density at radius 3 is 2.29 bits per heavy atom. The summed E-state index contributed by atoms with van der Waals surface area (Å²) in [5, 5.41) is 34.9. The Morgan fingerprint density at radius 2 is 1.59 bits per heavy atom. The number of ether oxygens (including phenoxy) is 6. The zero-order valence-corrected chi connectivity index (χ0v) is 30.2. The number of amides is 2. The molecule has 0 radical (unpaired) electrons. The fraction of sp³-hybridized carbons (Fsp3) is 0.697. The van der Waals surface area contributed by atoms with E-state index in [0.29, 0.717) is 81.3 Å². The molecule has 0 aliphatic carbocycles. The van der Waals surface area contributed by atoms with Gasteiger partial charge in [0.15, 0.2) is 6.10 Å². The van der Waals surface area contributed by atoms with Crippen LogP contribution < -0.4 is 15.4 Å². The van der Waals surface area contributed by atoms with E-state index in [9.17, 15) is 34.5 Å². The molecule has 1 heterocycles. The number of aliphatic hydroxyl groups excluding tert-OH is 2.